The Morgan fingerprint density at radius 1 is 1.03 bits per heavy atom. The van der Waals surface area contributed by atoms with E-state index in [0.29, 0.717) is 6.42 Å². The summed E-state index contributed by atoms with van der Waals surface area (Å²) in [4.78, 5) is 6.73. The summed E-state index contributed by atoms with van der Waals surface area (Å²) in [6, 6.07) is 20.5. The SMILES string of the molecule is C=CN=C(C/C(C)=C\N=NC(C)(c1ccccc1)c1ccccc1)N1CCOCC1. The third-order valence-corrected chi connectivity index (χ3v) is 5.26. The monoisotopic (exact) mass is 402 g/mol. The van der Waals surface area contributed by atoms with Gasteiger partial charge in [0, 0.05) is 31.9 Å². The van der Waals surface area contributed by atoms with E-state index in [2.05, 4.69) is 59.7 Å². The zero-order valence-corrected chi connectivity index (χ0v) is 17.9. The van der Waals surface area contributed by atoms with E-state index in [4.69, 9.17) is 9.85 Å². The van der Waals surface area contributed by atoms with Crippen molar-refractivity contribution in [2.75, 3.05) is 26.3 Å². The van der Waals surface area contributed by atoms with Crippen LogP contribution < -0.4 is 0 Å². The molecule has 2 aromatic rings. The van der Waals surface area contributed by atoms with Gasteiger partial charge < -0.3 is 9.64 Å². The molecular weight excluding hydrogens is 372 g/mol. The lowest BCUT2D eigenvalue weighted by atomic mass is 9.85. The third kappa shape index (κ3) is 5.51. The molecule has 3 rings (SSSR count). The highest BCUT2D eigenvalue weighted by molar-refractivity contribution is 5.85. The Bertz CT molecular complexity index is 858. The van der Waals surface area contributed by atoms with Crippen LogP contribution in [-0.4, -0.2) is 37.0 Å². The van der Waals surface area contributed by atoms with E-state index in [-0.39, 0.29) is 0 Å². The summed E-state index contributed by atoms with van der Waals surface area (Å²) >= 11 is 0. The van der Waals surface area contributed by atoms with Crippen molar-refractivity contribution >= 4 is 5.84 Å². The number of azo groups is 1. The van der Waals surface area contributed by atoms with Crippen molar-refractivity contribution in [1.82, 2.24) is 4.90 Å². The molecule has 5 nitrogen and oxygen atoms in total. The zero-order valence-electron chi connectivity index (χ0n) is 17.9. The fourth-order valence-corrected chi connectivity index (χ4v) is 3.51. The van der Waals surface area contributed by atoms with Gasteiger partial charge in [0.1, 0.15) is 11.4 Å². The topological polar surface area (TPSA) is 49.5 Å². The van der Waals surface area contributed by atoms with Crippen LogP contribution in [0.4, 0.5) is 0 Å². The van der Waals surface area contributed by atoms with E-state index in [9.17, 15) is 0 Å². The summed E-state index contributed by atoms with van der Waals surface area (Å²) in [5, 5.41) is 9.25. The molecule has 0 saturated carbocycles. The molecule has 1 fully saturated rings. The minimum atomic E-state index is -0.554. The molecule has 0 aromatic heterocycles. The van der Waals surface area contributed by atoms with Crippen LogP contribution in [0, 0.1) is 0 Å². The maximum Gasteiger partial charge on any atom is 0.129 e. The molecule has 0 bridgehead atoms. The molecule has 0 N–H and O–H groups in total. The normalized spacial score (nSPS) is 16.1. The predicted molar refractivity (Wildman–Crippen MR) is 123 cm³/mol. The van der Waals surface area contributed by atoms with Crippen molar-refractivity contribution in [1.29, 1.82) is 0 Å². The Morgan fingerprint density at radius 3 is 2.13 bits per heavy atom. The summed E-state index contributed by atoms with van der Waals surface area (Å²) < 4.78 is 5.45. The lowest BCUT2D eigenvalue weighted by Crippen LogP contribution is -2.40. The van der Waals surface area contributed by atoms with E-state index in [0.717, 1.165) is 48.8 Å². The number of benzene rings is 2. The standard InChI is InChI=1S/C25H30N4O/c1-4-26-24(29-15-17-30-18-16-29)19-21(2)20-27-28-25(3,22-11-7-5-8-12-22)23-13-9-6-10-14-23/h4-14,20H,1,15-19H2,2-3H3/b21-20-,26-24?,28-27?. The number of hydrogen-bond donors (Lipinski definition) is 0. The van der Waals surface area contributed by atoms with Crippen LogP contribution in [0.2, 0.25) is 0 Å². The lowest BCUT2D eigenvalue weighted by Gasteiger charge is -2.29. The summed E-state index contributed by atoms with van der Waals surface area (Å²) in [6.07, 6.45) is 4.14. The number of amidine groups is 1. The molecule has 0 radical (unpaired) electrons. The van der Waals surface area contributed by atoms with Gasteiger partial charge in [0.25, 0.3) is 0 Å². The first kappa shape index (κ1) is 21.7. The highest BCUT2D eigenvalue weighted by Crippen LogP contribution is 2.33. The largest absolute Gasteiger partial charge is 0.378 e. The van der Waals surface area contributed by atoms with Crippen LogP contribution in [0.15, 0.2) is 100 Å². The van der Waals surface area contributed by atoms with Gasteiger partial charge in [-0.05, 0) is 30.5 Å². The molecule has 0 spiro atoms. The minimum Gasteiger partial charge on any atom is -0.378 e. The maximum atomic E-state index is 5.45. The summed E-state index contributed by atoms with van der Waals surface area (Å²) in [5.41, 5.74) is 2.75. The average Bonchev–Trinajstić information content (AvgIpc) is 2.80. The number of ether oxygens (including phenoxy) is 1. The molecule has 1 heterocycles. The van der Waals surface area contributed by atoms with Crippen LogP contribution in [0.25, 0.3) is 0 Å². The summed E-state index contributed by atoms with van der Waals surface area (Å²) in [7, 11) is 0. The Labute approximate surface area is 179 Å². The van der Waals surface area contributed by atoms with Gasteiger partial charge in [0.2, 0.25) is 0 Å². The molecule has 156 valence electrons. The molecule has 0 atom stereocenters. The highest BCUT2D eigenvalue weighted by atomic mass is 16.5. The number of nitrogens with zero attached hydrogens (tertiary/aromatic N) is 4. The highest BCUT2D eigenvalue weighted by Gasteiger charge is 2.28. The molecule has 0 amide bonds. The molecule has 1 saturated heterocycles. The van der Waals surface area contributed by atoms with Crippen molar-refractivity contribution in [2.24, 2.45) is 15.2 Å². The third-order valence-electron chi connectivity index (χ3n) is 5.26. The first-order chi connectivity index (χ1) is 14.6. The lowest BCUT2D eigenvalue weighted by molar-refractivity contribution is 0.0674. The second-order valence-electron chi connectivity index (χ2n) is 7.50. The quantitative estimate of drug-likeness (QED) is 0.345. The zero-order chi connectivity index (χ0) is 21.2. The summed E-state index contributed by atoms with van der Waals surface area (Å²) in [6.45, 7) is 11.1. The van der Waals surface area contributed by atoms with E-state index >= 15 is 0 Å². The van der Waals surface area contributed by atoms with Crippen molar-refractivity contribution in [3.05, 3.63) is 96.3 Å². The van der Waals surface area contributed by atoms with Crippen LogP contribution in [-0.2, 0) is 10.3 Å². The van der Waals surface area contributed by atoms with Gasteiger partial charge in [-0.2, -0.15) is 10.2 Å². The van der Waals surface area contributed by atoms with E-state index in [1.54, 1.807) is 6.20 Å². The predicted octanol–water partition coefficient (Wildman–Crippen LogP) is 5.57. The van der Waals surface area contributed by atoms with Gasteiger partial charge in [-0.15, -0.1) is 0 Å². The molecule has 1 aliphatic rings. The van der Waals surface area contributed by atoms with Gasteiger partial charge in [-0.3, -0.25) is 0 Å². The van der Waals surface area contributed by atoms with Crippen molar-refractivity contribution in [3.63, 3.8) is 0 Å². The first-order valence-electron chi connectivity index (χ1n) is 10.3. The minimum absolute atomic E-state index is 0.554. The molecule has 2 aromatic carbocycles. The van der Waals surface area contributed by atoms with Gasteiger partial charge in [0.15, 0.2) is 0 Å². The molecule has 1 aliphatic heterocycles. The van der Waals surface area contributed by atoms with Gasteiger partial charge >= 0.3 is 0 Å². The van der Waals surface area contributed by atoms with Crippen molar-refractivity contribution in [2.45, 2.75) is 25.8 Å². The van der Waals surface area contributed by atoms with Crippen LogP contribution in [0.1, 0.15) is 31.4 Å². The number of hydrogen-bond acceptors (Lipinski definition) is 4. The van der Waals surface area contributed by atoms with Gasteiger partial charge in [-0.25, -0.2) is 4.99 Å². The Kier molecular flexibility index (Phi) is 7.69. The number of aliphatic imine (C=N–C) groups is 1. The van der Waals surface area contributed by atoms with E-state index < -0.39 is 5.54 Å². The Hall–Kier alpha value is -3.05. The van der Waals surface area contributed by atoms with Crippen molar-refractivity contribution < 1.29 is 4.74 Å². The molecule has 0 unspecified atom stereocenters. The smallest absolute Gasteiger partial charge is 0.129 e. The molecule has 5 heteroatoms. The van der Waals surface area contributed by atoms with Gasteiger partial charge in [-0.1, -0.05) is 67.2 Å². The molecule has 30 heavy (non-hydrogen) atoms. The summed E-state index contributed by atoms with van der Waals surface area (Å²) in [5.74, 6) is 0.992. The first-order valence-corrected chi connectivity index (χ1v) is 10.3. The second kappa shape index (κ2) is 10.6. The fraction of sp³-hybridized carbons (Fsp3) is 0.320. The Morgan fingerprint density at radius 2 is 1.60 bits per heavy atom. The Balaban J connectivity index is 1.81. The maximum absolute atomic E-state index is 5.45. The number of rotatable bonds is 7. The van der Waals surface area contributed by atoms with E-state index in [1.807, 2.05) is 42.6 Å². The van der Waals surface area contributed by atoms with Crippen molar-refractivity contribution in [3.8, 4) is 0 Å². The second-order valence-corrected chi connectivity index (χ2v) is 7.50. The molecule has 0 aliphatic carbocycles. The van der Waals surface area contributed by atoms with E-state index in [1.165, 1.54) is 0 Å². The number of morpholine rings is 1. The fourth-order valence-electron chi connectivity index (χ4n) is 3.51. The van der Waals surface area contributed by atoms with Crippen LogP contribution >= 0.6 is 0 Å². The molecular formula is C25H30N4O. The van der Waals surface area contributed by atoms with Gasteiger partial charge in [0.05, 0.1) is 13.2 Å². The average molecular weight is 403 g/mol. The van der Waals surface area contributed by atoms with Crippen LogP contribution in [0.3, 0.4) is 0 Å². The van der Waals surface area contributed by atoms with Crippen LogP contribution in [0.5, 0.6) is 0 Å².